The normalized spacial score (nSPS) is 13.8. The Morgan fingerprint density at radius 2 is 0.500 bits per heavy atom. The van der Waals surface area contributed by atoms with Crippen molar-refractivity contribution >= 4 is 64.6 Å². The van der Waals surface area contributed by atoms with E-state index in [9.17, 15) is 0 Å². The number of rotatable bonds is 2. The first-order valence-corrected chi connectivity index (χ1v) is 21.6. The Morgan fingerprint density at radius 1 is 0.241 bits per heavy atom. The van der Waals surface area contributed by atoms with Crippen molar-refractivity contribution in [2.75, 3.05) is 0 Å². The predicted octanol–water partition coefficient (Wildman–Crippen LogP) is 17.3. The Balaban J connectivity index is 1.44. The van der Waals surface area contributed by atoms with Crippen LogP contribution in [0.4, 0.5) is 0 Å². The third-order valence-electron chi connectivity index (χ3n) is 13.2. The number of hydrogen-bond donors (Lipinski definition) is 0. The predicted molar refractivity (Wildman–Crippen MR) is 258 cm³/mol. The van der Waals surface area contributed by atoms with Crippen molar-refractivity contribution in [1.29, 1.82) is 0 Å². The van der Waals surface area contributed by atoms with Crippen molar-refractivity contribution in [2.24, 2.45) is 0 Å². The van der Waals surface area contributed by atoms with E-state index in [-0.39, 0.29) is 27.1 Å². The summed E-state index contributed by atoms with van der Waals surface area (Å²) in [5.41, 5.74) is 12.1. The van der Waals surface area contributed by atoms with Gasteiger partial charge in [0.05, 0.1) is 0 Å². The lowest BCUT2D eigenvalue weighted by molar-refractivity contribution is 0.590. The Labute approximate surface area is 347 Å². The molecule has 9 aromatic carbocycles. The van der Waals surface area contributed by atoms with Crippen LogP contribution in [0.25, 0.3) is 86.9 Å². The molecule has 0 fully saturated rings. The second-order valence-corrected chi connectivity index (χ2v) is 22.9. The van der Waals surface area contributed by atoms with Gasteiger partial charge in [0.15, 0.2) is 0 Å². The van der Waals surface area contributed by atoms with Gasteiger partial charge in [-0.3, -0.25) is 0 Å². The van der Waals surface area contributed by atoms with Gasteiger partial charge in [-0.05, 0) is 172 Å². The van der Waals surface area contributed by atoms with Crippen LogP contribution < -0.4 is 0 Å². The third kappa shape index (κ3) is 6.25. The molecule has 0 spiro atoms. The second-order valence-electron chi connectivity index (χ2n) is 22.9. The van der Waals surface area contributed by atoms with Crippen molar-refractivity contribution in [3.05, 3.63) is 131 Å². The second kappa shape index (κ2) is 12.3. The summed E-state index contributed by atoms with van der Waals surface area (Å²) in [5, 5.41) is 16.2. The zero-order valence-corrected chi connectivity index (χ0v) is 37.8. The van der Waals surface area contributed by atoms with E-state index in [4.69, 9.17) is 0 Å². The summed E-state index contributed by atoms with van der Waals surface area (Å²) < 4.78 is 0. The van der Waals surface area contributed by atoms with Crippen LogP contribution in [-0.2, 0) is 27.1 Å². The summed E-state index contributed by atoms with van der Waals surface area (Å²) in [5.74, 6) is 0. The van der Waals surface area contributed by atoms with E-state index >= 15 is 0 Å². The lowest BCUT2D eigenvalue weighted by atomic mass is 9.77. The van der Waals surface area contributed by atoms with Crippen LogP contribution in [0.5, 0.6) is 0 Å². The summed E-state index contributed by atoms with van der Waals surface area (Å²) in [7, 11) is 0. The average Bonchev–Trinajstić information content (AvgIpc) is 3.12. The summed E-state index contributed by atoms with van der Waals surface area (Å²) >= 11 is 0. The van der Waals surface area contributed by atoms with Crippen LogP contribution in [-0.4, -0.2) is 0 Å². The largest absolute Gasteiger partial charge is 0.0561 e. The first-order valence-electron chi connectivity index (χ1n) is 21.6. The van der Waals surface area contributed by atoms with Crippen molar-refractivity contribution in [3.8, 4) is 22.3 Å². The van der Waals surface area contributed by atoms with Crippen LogP contribution in [0.15, 0.2) is 103 Å². The van der Waals surface area contributed by atoms with E-state index in [1.807, 2.05) is 0 Å². The van der Waals surface area contributed by atoms with Crippen LogP contribution in [0.3, 0.4) is 0 Å². The van der Waals surface area contributed by atoms with Gasteiger partial charge in [-0.1, -0.05) is 177 Å². The molecule has 0 aliphatic carbocycles. The van der Waals surface area contributed by atoms with Crippen molar-refractivity contribution in [1.82, 2.24) is 0 Å². The maximum absolute atomic E-state index is 2.52. The molecule has 0 heterocycles. The maximum Gasteiger partial charge on any atom is -0.00204 e. The molecule has 0 aliphatic heterocycles. The summed E-state index contributed by atoms with van der Waals surface area (Å²) in [6, 6.07) is 41.8. The fraction of sp³-hybridized carbons (Fsp3) is 0.345. The molecule has 0 radical (unpaired) electrons. The van der Waals surface area contributed by atoms with Gasteiger partial charge in [0, 0.05) is 0 Å². The van der Waals surface area contributed by atoms with Crippen LogP contribution in [0.2, 0.25) is 0 Å². The average molecular weight is 759 g/mol. The number of benzene rings is 9. The highest BCUT2D eigenvalue weighted by atomic mass is 14.3. The van der Waals surface area contributed by atoms with E-state index in [2.05, 4.69) is 207 Å². The molecule has 294 valence electrons. The highest BCUT2D eigenvalue weighted by Crippen LogP contribution is 2.48. The highest BCUT2D eigenvalue weighted by molar-refractivity contribution is 6.28. The fourth-order valence-corrected chi connectivity index (χ4v) is 9.43. The molecule has 58 heavy (non-hydrogen) atoms. The molecule has 0 unspecified atom stereocenters. The first-order chi connectivity index (χ1) is 26.9. The maximum atomic E-state index is 2.52. The molecule has 0 aliphatic rings. The number of hydrogen-bond acceptors (Lipinski definition) is 0. The molecule has 0 saturated carbocycles. The quantitative estimate of drug-likeness (QED) is 0.154. The topological polar surface area (TPSA) is 0 Å². The van der Waals surface area contributed by atoms with Gasteiger partial charge in [0.25, 0.3) is 0 Å². The molecule has 0 aromatic heterocycles. The summed E-state index contributed by atoms with van der Waals surface area (Å²) in [6.07, 6.45) is 0. The van der Waals surface area contributed by atoms with Gasteiger partial charge in [-0.2, -0.15) is 0 Å². The molecule has 9 rings (SSSR count). The Morgan fingerprint density at radius 3 is 0.810 bits per heavy atom. The molecule has 0 bridgehead atoms. The highest BCUT2D eigenvalue weighted by Gasteiger charge is 2.26. The minimum atomic E-state index is -0.0605. The molecular formula is C58H62. The standard InChI is InChI=1S/C58H62/c1-54(2,3)41-21-33-16-18-35-23-44(57(10,11)12)31-48-46(29-39(27-41)50(33)52(35)48)37-20-38(26-43(25-37)56(7,8)9)47-30-40-28-42(55(4,5)6)22-34-17-19-36-24-45(58(13,14)15)32-49(47)53(36)51(34)40/h16-32H,1-15H3. The van der Waals surface area contributed by atoms with Crippen molar-refractivity contribution in [2.45, 2.75) is 131 Å². The fourth-order valence-electron chi connectivity index (χ4n) is 9.43. The van der Waals surface area contributed by atoms with Gasteiger partial charge >= 0.3 is 0 Å². The van der Waals surface area contributed by atoms with E-state index in [1.54, 1.807) is 0 Å². The molecule has 0 nitrogen and oxygen atoms in total. The Bertz CT molecular complexity index is 2890. The first kappa shape index (κ1) is 38.6. The Hall–Kier alpha value is -4.94. The van der Waals surface area contributed by atoms with E-state index in [1.165, 1.54) is 115 Å². The van der Waals surface area contributed by atoms with Gasteiger partial charge in [-0.25, -0.2) is 0 Å². The molecule has 0 N–H and O–H groups in total. The van der Waals surface area contributed by atoms with E-state index in [0.717, 1.165) is 0 Å². The van der Waals surface area contributed by atoms with Crippen molar-refractivity contribution in [3.63, 3.8) is 0 Å². The zero-order chi connectivity index (χ0) is 41.6. The molecule has 9 aromatic rings. The van der Waals surface area contributed by atoms with E-state index in [0.29, 0.717) is 0 Å². The molecule has 0 heteroatoms. The zero-order valence-electron chi connectivity index (χ0n) is 37.8. The van der Waals surface area contributed by atoms with Gasteiger partial charge in [0.2, 0.25) is 0 Å². The molecule has 0 saturated heterocycles. The van der Waals surface area contributed by atoms with Crippen LogP contribution in [0.1, 0.15) is 132 Å². The minimum absolute atomic E-state index is 0.0101. The van der Waals surface area contributed by atoms with Crippen LogP contribution >= 0.6 is 0 Å². The van der Waals surface area contributed by atoms with Crippen LogP contribution in [0, 0.1) is 0 Å². The summed E-state index contributed by atoms with van der Waals surface area (Å²) in [4.78, 5) is 0. The monoisotopic (exact) mass is 758 g/mol. The van der Waals surface area contributed by atoms with Gasteiger partial charge in [-0.15, -0.1) is 0 Å². The van der Waals surface area contributed by atoms with Crippen molar-refractivity contribution < 1.29 is 0 Å². The lowest BCUT2D eigenvalue weighted by Crippen LogP contribution is -2.12. The SMILES string of the molecule is CC(C)(C)c1cc(-c2cc3cc(C(C)(C)C)cc4ccc5cc(C(C)(C)C)cc2c5c43)cc(-c2cc3cc(C(C)(C)C)cc4ccc5cc(C(C)(C)C)cc2c5c43)c1. The molecule has 0 amide bonds. The van der Waals surface area contributed by atoms with E-state index < -0.39 is 0 Å². The Kier molecular flexibility index (Phi) is 8.18. The molecule has 0 atom stereocenters. The summed E-state index contributed by atoms with van der Waals surface area (Å²) in [6.45, 7) is 35.2. The van der Waals surface area contributed by atoms with Gasteiger partial charge in [0.1, 0.15) is 0 Å². The lowest BCUT2D eigenvalue weighted by Gasteiger charge is -2.27. The third-order valence-corrected chi connectivity index (χ3v) is 13.2. The minimum Gasteiger partial charge on any atom is -0.0561 e. The smallest absolute Gasteiger partial charge is 0.00204 e. The van der Waals surface area contributed by atoms with Gasteiger partial charge < -0.3 is 0 Å². The molecular weight excluding hydrogens is 697 g/mol.